The van der Waals surface area contributed by atoms with Gasteiger partial charge >= 0.3 is 0 Å². The second-order valence-corrected chi connectivity index (χ2v) is 4.93. The van der Waals surface area contributed by atoms with Gasteiger partial charge in [0.05, 0.1) is 17.3 Å². The molecule has 2 aromatic rings. The largest absolute Gasteiger partial charge is 0.336 e. The first-order chi connectivity index (χ1) is 8.77. The van der Waals surface area contributed by atoms with Crippen molar-refractivity contribution in [2.75, 3.05) is 6.54 Å². The van der Waals surface area contributed by atoms with Crippen LogP contribution in [0, 0.1) is 0 Å². The van der Waals surface area contributed by atoms with Crippen LogP contribution in [-0.4, -0.2) is 33.0 Å². The summed E-state index contributed by atoms with van der Waals surface area (Å²) < 4.78 is 1.75. The summed E-state index contributed by atoms with van der Waals surface area (Å²) in [5.41, 5.74) is 1.60. The number of carbonyl (C=O) groups excluding carboxylic acids is 1. The molecule has 0 unspecified atom stereocenters. The molecule has 4 heteroatoms. The average molecular weight is 243 g/mol. The van der Waals surface area contributed by atoms with E-state index in [9.17, 15) is 4.79 Å². The molecule has 2 aromatic heterocycles. The van der Waals surface area contributed by atoms with Crippen molar-refractivity contribution in [3.05, 3.63) is 36.2 Å². The number of hydrogen-bond acceptors (Lipinski definition) is 2. The van der Waals surface area contributed by atoms with Gasteiger partial charge in [-0.3, -0.25) is 4.79 Å². The first-order valence-corrected chi connectivity index (χ1v) is 6.51. The zero-order chi connectivity index (χ0) is 12.5. The highest BCUT2D eigenvalue weighted by Gasteiger charge is 2.26. The molecule has 1 aliphatic rings. The van der Waals surface area contributed by atoms with Gasteiger partial charge in [-0.15, -0.1) is 0 Å². The van der Waals surface area contributed by atoms with Crippen molar-refractivity contribution < 1.29 is 4.79 Å². The third kappa shape index (κ3) is 1.78. The van der Waals surface area contributed by atoms with Gasteiger partial charge in [0.25, 0.3) is 5.91 Å². The third-order valence-corrected chi connectivity index (χ3v) is 3.72. The number of amides is 1. The van der Waals surface area contributed by atoms with E-state index in [1.165, 1.54) is 6.42 Å². The summed E-state index contributed by atoms with van der Waals surface area (Å²) in [6.07, 6.45) is 6.98. The average Bonchev–Trinajstić information content (AvgIpc) is 2.82. The van der Waals surface area contributed by atoms with Crippen LogP contribution in [0.4, 0.5) is 0 Å². The van der Waals surface area contributed by atoms with Gasteiger partial charge in [-0.2, -0.15) is 5.10 Å². The molecule has 0 N–H and O–H groups in total. The van der Waals surface area contributed by atoms with E-state index in [0.717, 1.165) is 24.9 Å². The third-order valence-electron chi connectivity index (χ3n) is 3.72. The monoisotopic (exact) mass is 243 g/mol. The van der Waals surface area contributed by atoms with Gasteiger partial charge in [0.2, 0.25) is 0 Å². The summed E-state index contributed by atoms with van der Waals surface area (Å²) in [4.78, 5) is 14.5. The maximum Gasteiger partial charge on any atom is 0.257 e. The zero-order valence-corrected chi connectivity index (χ0v) is 10.5. The molecule has 3 heterocycles. The van der Waals surface area contributed by atoms with Crippen LogP contribution in [0.1, 0.15) is 36.5 Å². The molecule has 1 aliphatic heterocycles. The minimum Gasteiger partial charge on any atom is -0.336 e. The van der Waals surface area contributed by atoms with E-state index in [4.69, 9.17) is 0 Å². The summed E-state index contributed by atoms with van der Waals surface area (Å²) in [5, 5.41) is 4.23. The standard InChI is InChI=1S/C14H17N3O/c1-11-6-2-4-8-16(11)14(18)12-10-15-17-9-5-3-7-13(12)17/h3,5,7,9-11H,2,4,6,8H2,1H3/t11-/m0/s1. The van der Waals surface area contributed by atoms with Gasteiger partial charge < -0.3 is 4.90 Å². The van der Waals surface area contributed by atoms with Crippen molar-refractivity contribution in [2.45, 2.75) is 32.2 Å². The van der Waals surface area contributed by atoms with Crippen molar-refractivity contribution >= 4 is 11.4 Å². The summed E-state index contributed by atoms with van der Waals surface area (Å²) in [7, 11) is 0. The van der Waals surface area contributed by atoms with Crippen LogP contribution < -0.4 is 0 Å². The fourth-order valence-corrected chi connectivity index (χ4v) is 2.65. The van der Waals surface area contributed by atoms with Gasteiger partial charge in [0.15, 0.2) is 0 Å². The Morgan fingerprint density at radius 1 is 1.39 bits per heavy atom. The first-order valence-electron chi connectivity index (χ1n) is 6.51. The van der Waals surface area contributed by atoms with Crippen molar-refractivity contribution in [2.24, 2.45) is 0 Å². The van der Waals surface area contributed by atoms with Crippen LogP contribution in [0.3, 0.4) is 0 Å². The maximum absolute atomic E-state index is 12.6. The number of aromatic nitrogens is 2. The second-order valence-electron chi connectivity index (χ2n) is 4.93. The minimum absolute atomic E-state index is 0.114. The maximum atomic E-state index is 12.6. The fraction of sp³-hybridized carbons (Fsp3) is 0.429. The predicted octanol–water partition coefficient (Wildman–Crippen LogP) is 2.35. The van der Waals surface area contributed by atoms with E-state index in [-0.39, 0.29) is 5.91 Å². The van der Waals surface area contributed by atoms with Gasteiger partial charge in [-0.1, -0.05) is 6.07 Å². The number of rotatable bonds is 1. The number of likely N-dealkylation sites (tertiary alicyclic amines) is 1. The fourth-order valence-electron chi connectivity index (χ4n) is 2.65. The second kappa shape index (κ2) is 4.44. The molecule has 0 aliphatic carbocycles. The molecule has 18 heavy (non-hydrogen) atoms. The lowest BCUT2D eigenvalue weighted by Crippen LogP contribution is -2.41. The first kappa shape index (κ1) is 11.3. The molecule has 4 nitrogen and oxygen atoms in total. The molecular formula is C14H17N3O. The van der Waals surface area contributed by atoms with Crippen molar-refractivity contribution in [1.82, 2.24) is 14.5 Å². The molecule has 1 saturated heterocycles. The van der Waals surface area contributed by atoms with Crippen LogP contribution in [0.25, 0.3) is 5.52 Å². The highest BCUT2D eigenvalue weighted by molar-refractivity contribution is 6.00. The van der Waals surface area contributed by atoms with Crippen molar-refractivity contribution in [3.63, 3.8) is 0 Å². The molecule has 0 spiro atoms. The van der Waals surface area contributed by atoms with Crippen molar-refractivity contribution in [1.29, 1.82) is 0 Å². The highest BCUT2D eigenvalue weighted by atomic mass is 16.2. The highest BCUT2D eigenvalue weighted by Crippen LogP contribution is 2.21. The quantitative estimate of drug-likeness (QED) is 0.771. The Morgan fingerprint density at radius 3 is 3.11 bits per heavy atom. The molecule has 3 rings (SSSR count). The molecular weight excluding hydrogens is 226 g/mol. The molecule has 94 valence electrons. The predicted molar refractivity (Wildman–Crippen MR) is 69.5 cm³/mol. The Balaban J connectivity index is 1.96. The van der Waals surface area contributed by atoms with E-state index in [1.54, 1.807) is 10.7 Å². The lowest BCUT2D eigenvalue weighted by atomic mass is 10.0. The van der Waals surface area contributed by atoms with Gasteiger partial charge in [-0.05, 0) is 38.3 Å². The number of hydrogen-bond donors (Lipinski definition) is 0. The molecule has 0 radical (unpaired) electrons. The molecule has 1 atom stereocenters. The summed E-state index contributed by atoms with van der Waals surface area (Å²) >= 11 is 0. The van der Waals surface area contributed by atoms with Crippen LogP contribution >= 0.6 is 0 Å². The van der Waals surface area contributed by atoms with Crippen LogP contribution in [-0.2, 0) is 0 Å². The zero-order valence-electron chi connectivity index (χ0n) is 10.5. The van der Waals surface area contributed by atoms with Crippen LogP contribution in [0.5, 0.6) is 0 Å². The van der Waals surface area contributed by atoms with E-state index >= 15 is 0 Å². The Bertz CT molecular complexity index is 575. The van der Waals surface area contributed by atoms with E-state index in [0.29, 0.717) is 11.6 Å². The Kier molecular flexibility index (Phi) is 2.78. The van der Waals surface area contributed by atoms with Crippen molar-refractivity contribution in [3.8, 4) is 0 Å². The molecule has 0 saturated carbocycles. The summed E-state index contributed by atoms with van der Waals surface area (Å²) in [5.74, 6) is 0.114. The summed E-state index contributed by atoms with van der Waals surface area (Å²) in [6.45, 7) is 2.99. The SMILES string of the molecule is C[C@H]1CCCCN1C(=O)c1cnn2ccccc12. The Morgan fingerprint density at radius 2 is 2.28 bits per heavy atom. The lowest BCUT2D eigenvalue weighted by Gasteiger charge is -2.33. The van der Waals surface area contributed by atoms with Crippen LogP contribution in [0.2, 0.25) is 0 Å². The van der Waals surface area contributed by atoms with Gasteiger partial charge in [0, 0.05) is 18.8 Å². The number of carbonyl (C=O) groups is 1. The number of fused-ring (bicyclic) bond motifs is 1. The number of nitrogens with zero attached hydrogens (tertiary/aromatic N) is 3. The topological polar surface area (TPSA) is 37.6 Å². The lowest BCUT2D eigenvalue weighted by molar-refractivity contribution is 0.0637. The Hall–Kier alpha value is -1.84. The number of piperidine rings is 1. The minimum atomic E-state index is 0.114. The van der Waals surface area contributed by atoms with E-state index in [2.05, 4.69) is 12.0 Å². The molecule has 1 fully saturated rings. The van der Waals surface area contributed by atoms with Crippen LogP contribution in [0.15, 0.2) is 30.6 Å². The van der Waals surface area contributed by atoms with Gasteiger partial charge in [0.1, 0.15) is 0 Å². The van der Waals surface area contributed by atoms with E-state index < -0.39 is 0 Å². The smallest absolute Gasteiger partial charge is 0.257 e. The Labute approximate surface area is 106 Å². The normalized spacial score (nSPS) is 20.3. The number of pyridine rings is 1. The molecule has 1 amide bonds. The molecule has 0 bridgehead atoms. The van der Waals surface area contributed by atoms with Gasteiger partial charge in [-0.25, -0.2) is 4.52 Å². The van der Waals surface area contributed by atoms with E-state index in [1.807, 2.05) is 29.3 Å². The molecule has 0 aromatic carbocycles. The summed E-state index contributed by atoms with van der Waals surface area (Å²) in [6, 6.07) is 6.13.